The van der Waals surface area contributed by atoms with Crippen molar-refractivity contribution < 1.29 is 9.90 Å². The second-order valence-electron chi connectivity index (χ2n) is 7.04. The van der Waals surface area contributed by atoms with Gasteiger partial charge in [0.25, 0.3) is 0 Å². The molecule has 1 N–H and O–H groups in total. The summed E-state index contributed by atoms with van der Waals surface area (Å²) in [5.41, 5.74) is 3.30. The monoisotopic (exact) mass is 424 g/mol. The Kier molecular flexibility index (Phi) is 5.23. The highest BCUT2D eigenvalue weighted by atomic mass is 79.9. The molecule has 1 saturated heterocycles. The predicted octanol–water partition coefficient (Wildman–Crippen LogP) is 4.88. The van der Waals surface area contributed by atoms with Crippen molar-refractivity contribution in [3.8, 4) is 0 Å². The number of fused-ring (bicyclic) bond motifs is 1. The lowest BCUT2D eigenvalue weighted by molar-refractivity contribution is -0.143. The van der Waals surface area contributed by atoms with E-state index in [-0.39, 0.29) is 12.0 Å². The molecule has 3 aromatic rings. The molecular weight excluding hydrogens is 404 g/mol. The molecular formula is C22H21BrN2O2. The summed E-state index contributed by atoms with van der Waals surface area (Å²) in [5, 5.41) is 10.7. The summed E-state index contributed by atoms with van der Waals surface area (Å²) in [5.74, 6) is -1.02. The van der Waals surface area contributed by atoms with Crippen molar-refractivity contribution in [2.24, 2.45) is 5.92 Å². The van der Waals surface area contributed by atoms with Gasteiger partial charge in [-0.3, -0.25) is 14.7 Å². The third-order valence-corrected chi connectivity index (χ3v) is 5.86. The van der Waals surface area contributed by atoms with Crippen LogP contribution in [0.15, 0.2) is 65.3 Å². The molecule has 1 fully saturated rings. The second kappa shape index (κ2) is 7.79. The van der Waals surface area contributed by atoms with Crippen LogP contribution in [-0.2, 0) is 4.79 Å². The van der Waals surface area contributed by atoms with Crippen molar-refractivity contribution in [3.63, 3.8) is 0 Å². The van der Waals surface area contributed by atoms with Crippen LogP contribution < -0.4 is 0 Å². The number of nitrogens with zero attached hydrogens (tertiary/aromatic N) is 2. The maximum Gasteiger partial charge on any atom is 0.307 e. The number of aromatic nitrogens is 1. The number of rotatable bonds is 4. The number of aliphatic carboxylic acids is 1. The molecule has 138 valence electrons. The first-order valence-electron chi connectivity index (χ1n) is 9.19. The van der Waals surface area contributed by atoms with Gasteiger partial charge in [-0.25, -0.2) is 0 Å². The predicted molar refractivity (Wildman–Crippen MR) is 110 cm³/mol. The molecule has 4 rings (SSSR count). The van der Waals surface area contributed by atoms with E-state index in [2.05, 4.69) is 50.1 Å². The minimum atomic E-state index is -0.700. The van der Waals surface area contributed by atoms with Gasteiger partial charge in [0.1, 0.15) is 0 Å². The molecule has 27 heavy (non-hydrogen) atoms. The normalized spacial score (nSPS) is 19.1. The van der Waals surface area contributed by atoms with E-state index in [0.717, 1.165) is 34.8 Å². The largest absolute Gasteiger partial charge is 0.481 e. The summed E-state index contributed by atoms with van der Waals surface area (Å²) in [6.07, 6.45) is 3.49. The first-order chi connectivity index (χ1) is 13.1. The van der Waals surface area contributed by atoms with E-state index in [4.69, 9.17) is 0 Å². The molecule has 0 bridgehead atoms. The summed E-state index contributed by atoms with van der Waals surface area (Å²) in [6, 6.07) is 18.6. The van der Waals surface area contributed by atoms with E-state index in [1.165, 1.54) is 11.1 Å². The van der Waals surface area contributed by atoms with Crippen LogP contribution in [0.3, 0.4) is 0 Å². The van der Waals surface area contributed by atoms with Crippen LogP contribution in [0.2, 0.25) is 0 Å². The molecule has 4 nitrogen and oxygen atoms in total. The van der Waals surface area contributed by atoms with E-state index < -0.39 is 5.97 Å². The molecule has 5 heteroatoms. The number of pyridine rings is 1. The van der Waals surface area contributed by atoms with Gasteiger partial charge < -0.3 is 5.11 Å². The standard InChI is InChI=1S/C22H21BrN2O2/c23-17-9-7-15(8-10-17)21(25-13-3-4-16(14-25)22(26)27)19-11-12-24-20-6-2-1-5-18(19)20/h1-2,5-12,16,21H,3-4,13-14H2,(H,26,27). The number of halogens is 1. The Bertz CT molecular complexity index is 953. The van der Waals surface area contributed by atoms with E-state index in [0.29, 0.717) is 6.54 Å². The third-order valence-electron chi connectivity index (χ3n) is 5.33. The Hall–Kier alpha value is -2.24. The Morgan fingerprint density at radius 3 is 2.70 bits per heavy atom. The lowest BCUT2D eigenvalue weighted by Gasteiger charge is -2.38. The van der Waals surface area contributed by atoms with Gasteiger partial charge in [0.15, 0.2) is 0 Å². The fourth-order valence-corrected chi connectivity index (χ4v) is 4.30. The summed E-state index contributed by atoms with van der Waals surface area (Å²) in [6.45, 7) is 1.45. The van der Waals surface area contributed by atoms with Crippen LogP contribution >= 0.6 is 15.9 Å². The number of benzene rings is 2. The van der Waals surface area contributed by atoms with Gasteiger partial charge in [-0.1, -0.05) is 46.3 Å². The summed E-state index contributed by atoms with van der Waals surface area (Å²) in [7, 11) is 0. The zero-order chi connectivity index (χ0) is 18.8. The van der Waals surface area contributed by atoms with E-state index >= 15 is 0 Å². The van der Waals surface area contributed by atoms with Crippen molar-refractivity contribution in [1.82, 2.24) is 9.88 Å². The van der Waals surface area contributed by atoms with Crippen LogP contribution in [-0.4, -0.2) is 34.0 Å². The number of piperidine rings is 1. The van der Waals surface area contributed by atoms with E-state index in [1.807, 2.05) is 36.5 Å². The van der Waals surface area contributed by atoms with Crippen molar-refractivity contribution in [3.05, 3.63) is 76.4 Å². The first kappa shape index (κ1) is 18.1. The molecule has 2 heterocycles. The Morgan fingerprint density at radius 1 is 1.15 bits per heavy atom. The van der Waals surface area contributed by atoms with Gasteiger partial charge in [-0.15, -0.1) is 0 Å². The second-order valence-corrected chi connectivity index (χ2v) is 7.96. The van der Waals surface area contributed by atoms with Gasteiger partial charge in [-0.2, -0.15) is 0 Å². The van der Waals surface area contributed by atoms with Gasteiger partial charge in [-0.05, 0) is 54.8 Å². The zero-order valence-corrected chi connectivity index (χ0v) is 16.5. The Balaban J connectivity index is 1.83. The molecule has 0 saturated carbocycles. The minimum absolute atomic E-state index is 0.00755. The maximum atomic E-state index is 11.6. The van der Waals surface area contributed by atoms with Gasteiger partial charge >= 0.3 is 5.97 Å². The quantitative estimate of drug-likeness (QED) is 0.647. The highest BCUT2D eigenvalue weighted by Gasteiger charge is 2.32. The number of carbonyl (C=O) groups is 1. The summed E-state index contributed by atoms with van der Waals surface area (Å²) in [4.78, 5) is 18.4. The van der Waals surface area contributed by atoms with Crippen LogP contribution in [0.1, 0.15) is 30.0 Å². The number of carboxylic acids is 1. The molecule has 2 atom stereocenters. The fraction of sp³-hybridized carbons (Fsp3) is 0.273. The molecule has 0 radical (unpaired) electrons. The van der Waals surface area contributed by atoms with Gasteiger partial charge in [0.2, 0.25) is 0 Å². The Labute approximate surface area is 167 Å². The molecule has 1 aliphatic heterocycles. The molecule has 0 aliphatic carbocycles. The molecule has 1 aliphatic rings. The van der Waals surface area contributed by atoms with E-state index in [1.54, 1.807) is 0 Å². The molecule has 0 spiro atoms. The number of likely N-dealkylation sites (tertiary alicyclic amines) is 1. The average molecular weight is 425 g/mol. The zero-order valence-electron chi connectivity index (χ0n) is 14.9. The first-order valence-corrected chi connectivity index (χ1v) is 9.99. The van der Waals surface area contributed by atoms with Gasteiger partial charge in [0, 0.05) is 22.6 Å². The number of para-hydroxylation sites is 1. The topological polar surface area (TPSA) is 53.4 Å². The number of hydrogen-bond acceptors (Lipinski definition) is 3. The van der Waals surface area contributed by atoms with Crippen molar-refractivity contribution >= 4 is 32.8 Å². The molecule has 2 aromatic carbocycles. The third kappa shape index (κ3) is 3.75. The molecule has 0 amide bonds. The number of carboxylic acid groups (broad SMARTS) is 1. The van der Waals surface area contributed by atoms with Crippen LogP contribution in [0.4, 0.5) is 0 Å². The SMILES string of the molecule is O=C(O)C1CCCN(C(c2ccc(Br)cc2)c2ccnc3ccccc23)C1. The van der Waals surface area contributed by atoms with Crippen molar-refractivity contribution in [2.45, 2.75) is 18.9 Å². The van der Waals surface area contributed by atoms with Crippen molar-refractivity contribution in [1.29, 1.82) is 0 Å². The molecule has 1 aromatic heterocycles. The van der Waals surface area contributed by atoms with E-state index in [9.17, 15) is 9.90 Å². The van der Waals surface area contributed by atoms with Crippen LogP contribution in [0, 0.1) is 5.92 Å². The van der Waals surface area contributed by atoms with Gasteiger partial charge in [0.05, 0.1) is 17.5 Å². The highest BCUT2D eigenvalue weighted by molar-refractivity contribution is 9.10. The lowest BCUT2D eigenvalue weighted by atomic mass is 9.90. The summed E-state index contributed by atoms with van der Waals surface area (Å²) >= 11 is 3.51. The average Bonchev–Trinajstić information content (AvgIpc) is 2.70. The lowest BCUT2D eigenvalue weighted by Crippen LogP contribution is -2.41. The van der Waals surface area contributed by atoms with Crippen molar-refractivity contribution in [2.75, 3.05) is 13.1 Å². The van der Waals surface area contributed by atoms with Crippen LogP contribution in [0.5, 0.6) is 0 Å². The summed E-state index contributed by atoms with van der Waals surface area (Å²) < 4.78 is 1.03. The van der Waals surface area contributed by atoms with Crippen LogP contribution in [0.25, 0.3) is 10.9 Å². The minimum Gasteiger partial charge on any atom is -0.481 e. The maximum absolute atomic E-state index is 11.6. The number of hydrogen-bond donors (Lipinski definition) is 1. The Morgan fingerprint density at radius 2 is 1.93 bits per heavy atom. The molecule has 2 unspecified atom stereocenters. The highest BCUT2D eigenvalue weighted by Crippen LogP contribution is 2.36. The fourth-order valence-electron chi connectivity index (χ4n) is 4.03. The smallest absolute Gasteiger partial charge is 0.307 e.